The number of pyridine rings is 1. The molecule has 0 bridgehead atoms. The molecule has 0 saturated heterocycles. The highest BCUT2D eigenvalue weighted by Crippen LogP contribution is 2.41. The second kappa shape index (κ2) is 6.40. The van der Waals surface area contributed by atoms with Crippen molar-refractivity contribution >= 4 is 17.8 Å². The van der Waals surface area contributed by atoms with Gasteiger partial charge in [-0.1, -0.05) is 0 Å². The lowest BCUT2D eigenvalue weighted by Gasteiger charge is -2.19. The van der Waals surface area contributed by atoms with Crippen LogP contribution in [0.1, 0.15) is 28.9 Å². The Bertz CT molecular complexity index is 1320. The molecular weight excluding hydrogens is 376 g/mol. The molecule has 1 aliphatic carbocycles. The van der Waals surface area contributed by atoms with Gasteiger partial charge in [0.1, 0.15) is 5.83 Å². The number of halogens is 2. The first-order valence-corrected chi connectivity index (χ1v) is 8.91. The van der Waals surface area contributed by atoms with Gasteiger partial charge >= 0.3 is 0 Å². The monoisotopic (exact) mass is 391 g/mol. The summed E-state index contributed by atoms with van der Waals surface area (Å²) in [5.41, 5.74) is 3.17. The molecule has 5 rings (SSSR count). The van der Waals surface area contributed by atoms with Crippen LogP contribution >= 0.6 is 0 Å². The Hall–Kier alpha value is -3.75. The molecule has 0 saturated carbocycles. The van der Waals surface area contributed by atoms with Crippen molar-refractivity contribution in [3.63, 3.8) is 0 Å². The average molecular weight is 391 g/mol. The molecule has 9 heteroatoms. The Balaban J connectivity index is 1.60. The van der Waals surface area contributed by atoms with E-state index in [0.717, 1.165) is 11.3 Å². The van der Waals surface area contributed by atoms with Gasteiger partial charge in [0, 0.05) is 47.8 Å². The van der Waals surface area contributed by atoms with E-state index in [-0.39, 0.29) is 22.7 Å². The van der Waals surface area contributed by atoms with E-state index in [0.29, 0.717) is 11.2 Å². The standard InChI is InChI=1S/C20H15F2N7/c1-11-3-4-18-25-26-19(29(18)27-11)6-14-16(21)7-17-15(20(14)22)5-12(8-23-17)13-9-24-28(2)10-13/h3-10,20H,1-2H3. The van der Waals surface area contributed by atoms with Gasteiger partial charge in [-0.2, -0.15) is 14.7 Å². The molecule has 144 valence electrons. The third-order valence-electron chi connectivity index (χ3n) is 4.78. The van der Waals surface area contributed by atoms with Gasteiger partial charge in [0.25, 0.3) is 0 Å². The third-order valence-corrected chi connectivity index (χ3v) is 4.78. The normalized spacial score (nSPS) is 17.6. The fourth-order valence-electron chi connectivity index (χ4n) is 3.30. The van der Waals surface area contributed by atoms with Crippen LogP contribution in [0.2, 0.25) is 0 Å². The first kappa shape index (κ1) is 17.4. The number of aromatic nitrogens is 7. The Labute approximate surface area is 164 Å². The lowest BCUT2D eigenvalue weighted by Crippen LogP contribution is -2.08. The van der Waals surface area contributed by atoms with Crippen LogP contribution in [-0.2, 0) is 7.05 Å². The predicted octanol–water partition coefficient (Wildman–Crippen LogP) is 3.65. The Morgan fingerprint density at radius 2 is 2.00 bits per heavy atom. The number of alkyl halides is 1. The number of hydrogen-bond acceptors (Lipinski definition) is 5. The van der Waals surface area contributed by atoms with Gasteiger partial charge in [0.05, 0.1) is 17.6 Å². The molecule has 7 nitrogen and oxygen atoms in total. The smallest absolute Gasteiger partial charge is 0.178 e. The first-order chi connectivity index (χ1) is 14.0. The van der Waals surface area contributed by atoms with Gasteiger partial charge in [0.15, 0.2) is 17.6 Å². The van der Waals surface area contributed by atoms with Crippen molar-refractivity contribution in [1.82, 2.24) is 34.6 Å². The fourth-order valence-corrected chi connectivity index (χ4v) is 3.30. The summed E-state index contributed by atoms with van der Waals surface area (Å²) in [5.74, 6) is -0.444. The fraction of sp³-hybridized carbons (Fsp3) is 0.150. The zero-order valence-corrected chi connectivity index (χ0v) is 15.6. The van der Waals surface area contributed by atoms with Crippen LogP contribution in [-0.4, -0.2) is 34.6 Å². The minimum Gasteiger partial charge on any atom is -0.275 e. The van der Waals surface area contributed by atoms with E-state index < -0.39 is 12.0 Å². The molecule has 0 amide bonds. The summed E-state index contributed by atoms with van der Waals surface area (Å²) in [5, 5.41) is 16.4. The van der Waals surface area contributed by atoms with E-state index >= 15 is 4.39 Å². The molecule has 0 aliphatic heterocycles. The summed E-state index contributed by atoms with van der Waals surface area (Å²) >= 11 is 0. The summed E-state index contributed by atoms with van der Waals surface area (Å²) in [6, 6.07) is 5.21. The molecule has 1 aliphatic rings. The number of aryl methyl sites for hydroxylation is 2. The summed E-state index contributed by atoms with van der Waals surface area (Å²) < 4.78 is 33.2. The number of nitrogens with zero attached hydrogens (tertiary/aromatic N) is 7. The van der Waals surface area contributed by atoms with Crippen molar-refractivity contribution in [2.45, 2.75) is 13.1 Å². The van der Waals surface area contributed by atoms with E-state index in [1.807, 2.05) is 13.1 Å². The molecule has 0 radical (unpaired) electrons. The summed E-state index contributed by atoms with van der Waals surface area (Å²) in [6.45, 7) is 1.82. The van der Waals surface area contributed by atoms with Crippen molar-refractivity contribution < 1.29 is 8.78 Å². The van der Waals surface area contributed by atoms with E-state index in [1.54, 1.807) is 42.3 Å². The number of hydrogen-bond donors (Lipinski definition) is 0. The molecule has 1 atom stereocenters. The molecule has 0 spiro atoms. The molecule has 1 unspecified atom stereocenters. The van der Waals surface area contributed by atoms with Crippen LogP contribution in [0.15, 0.2) is 48.2 Å². The molecule has 0 N–H and O–H groups in total. The van der Waals surface area contributed by atoms with Gasteiger partial charge in [-0.25, -0.2) is 8.78 Å². The second-order valence-electron chi connectivity index (χ2n) is 6.86. The molecule has 0 fully saturated rings. The quantitative estimate of drug-likeness (QED) is 0.522. The third kappa shape index (κ3) is 2.91. The van der Waals surface area contributed by atoms with Crippen molar-refractivity contribution in [3.05, 3.63) is 71.0 Å². The Morgan fingerprint density at radius 3 is 2.79 bits per heavy atom. The maximum absolute atomic E-state index is 15.4. The lowest BCUT2D eigenvalue weighted by molar-refractivity contribution is 0.384. The van der Waals surface area contributed by atoms with Crippen LogP contribution in [0.3, 0.4) is 0 Å². The lowest BCUT2D eigenvalue weighted by atomic mass is 9.92. The minimum atomic E-state index is -1.70. The molecule has 0 aromatic carbocycles. The first-order valence-electron chi connectivity index (χ1n) is 8.91. The summed E-state index contributed by atoms with van der Waals surface area (Å²) in [4.78, 5) is 4.23. The van der Waals surface area contributed by atoms with Crippen LogP contribution in [0.4, 0.5) is 8.78 Å². The summed E-state index contributed by atoms with van der Waals surface area (Å²) in [6.07, 6.45) is 5.93. The number of fused-ring (bicyclic) bond motifs is 2. The highest BCUT2D eigenvalue weighted by atomic mass is 19.1. The van der Waals surface area contributed by atoms with Crippen molar-refractivity contribution in [1.29, 1.82) is 0 Å². The van der Waals surface area contributed by atoms with Gasteiger partial charge in [-0.3, -0.25) is 9.67 Å². The van der Waals surface area contributed by atoms with Crippen LogP contribution in [0.5, 0.6) is 0 Å². The van der Waals surface area contributed by atoms with E-state index in [1.165, 1.54) is 16.7 Å². The number of rotatable bonds is 2. The van der Waals surface area contributed by atoms with Crippen molar-refractivity contribution in [2.24, 2.45) is 7.05 Å². The van der Waals surface area contributed by atoms with Crippen molar-refractivity contribution in [3.8, 4) is 11.1 Å². The van der Waals surface area contributed by atoms with E-state index in [4.69, 9.17) is 0 Å². The zero-order valence-electron chi connectivity index (χ0n) is 15.6. The highest BCUT2D eigenvalue weighted by molar-refractivity contribution is 5.72. The Kier molecular flexibility index (Phi) is 3.83. The largest absolute Gasteiger partial charge is 0.275 e. The molecule has 4 aromatic heterocycles. The maximum Gasteiger partial charge on any atom is 0.178 e. The second-order valence-corrected chi connectivity index (χ2v) is 6.86. The molecular formula is C20H15F2N7. The molecule has 4 aromatic rings. The number of allylic oxidation sites excluding steroid dienone is 2. The van der Waals surface area contributed by atoms with Gasteiger partial charge < -0.3 is 0 Å². The molecule has 29 heavy (non-hydrogen) atoms. The molecule has 4 heterocycles. The van der Waals surface area contributed by atoms with Crippen LogP contribution in [0.25, 0.3) is 28.9 Å². The predicted molar refractivity (Wildman–Crippen MR) is 103 cm³/mol. The highest BCUT2D eigenvalue weighted by Gasteiger charge is 2.29. The zero-order chi connectivity index (χ0) is 20.1. The van der Waals surface area contributed by atoms with Gasteiger partial charge in [0.2, 0.25) is 0 Å². The van der Waals surface area contributed by atoms with Crippen LogP contribution in [0, 0.1) is 6.92 Å². The summed E-state index contributed by atoms with van der Waals surface area (Å²) in [7, 11) is 1.80. The average Bonchev–Trinajstić information content (AvgIpc) is 3.31. The van der Waals surface area contributed by atoms with Gasteiger partial charge in [-0.15, -0.1) is 10.2 Å². The van der Waals surface area contributed by atoms with E-state index in [9.17, 15) is 4.39 Å². The topological polar surface area (TPSA) is 73.8 Å². The van der Waals surface area contributed by atoms with E-state index in [2.05, 4.69) is 25.4 Å². The van der Waals surface area contributed by atoms with Gasteiger partial charge in [-0.05, 0) is 31.2 Å². The SMILES string of the molecule is Cc1ccc2nnc(C=C3C(F)=Cc4ncc(-c5cnn(C)c5)cc4C3F)n2n1. The van der Waals surface area contributed by atoms with Crippen LogP contribution < -0.4 is 0 Å². The van der Waals surface area contributed by atoms with Crippen molar-refractivity contribution in [2.75, 3.05) is 0 Å². The Morgan fingerprint density at radius 1 is 1.14 bits per heavy atom. The minimum absolute atomic E-state index is 0.139. The maximum atomic E-state index is 15.4.